The second kappa shape index (κ2) is 10.4. The molecule has 0 radical (unpaired) electrons. The molecule has 3 aromatic carbocycles. The Morgan fingerprint density at radius 1 is 0.950 bits per heavy atom. The number of fused-ring (bicyclic) bond motifs is 4. The quantitative estimate of drug-likeness (QED) is 0.158. The number of halogens is 5. The average Bonchev–Trinajstić information content (AvgIpc) is 2.96. The van der Waals surface area contributed by atoms with E-state index in [2.05, 4.69) is 4.98 Å². The lowest BCUT2D eigenvalue weighted by Gasteiger charge is -2.58. The van der Waals surface area contributed by atoms with Gasteiger partial charge in [-0.2, -0.15) is 0 Å². The van der Waals surface area contributed by atoms with E-state index in [0.29, 0.717) is 25.1 Å². The molecular formula is C32H28F5N2O+. The summed E-state index contributed by atoms with van der Waals surface area (Å²) in [6.45, 7) is 1.17. The molecule has 1 aromatic heterocycles. The highest BCUT2D eigenvalue weighted by Crippen LogP contribution is 2.48. The van der Waals surface area contributed by atoms with Crippen LogP contribution in [0.25, 0.3) is 17.0 Å². The molecule has 1 N–H and O–H groups in total. The number of quaternary nitrogens is 1. The van der Waals surface area contributed by atoms with Crippen molar-refractivity contribution in [3.63, 3.8) is 0 Å². The van der Waals surface area contributed by atoms with Crippen LogP contribution in [0.2, 0.25) is 0 Å². The van der Waals surface area contributed by atoms with Crippen molar-refractivity contribution in [3.05, 3.63) is 119 Å². The topological polar surface area (TPSA) is 33.1 Å². The molecule has 0 saturated carbocycles. The fourth-order valence-electron chi connectivity index (χ4n) is 6.81. The van der Waals surface area contributed by atoms with Crippen molar-refractivity contribution in [2.75, 3.05) is 13.1 Å². The van der Waals surface area contributed by atoms with Crippen LogP contribution in [-0.4, -0.2) is 33.7 Å². The van der Waals surface area contributed by atoms with Gasteiger partial charge in [0.05, 0.1) is 18.6 Å². The summed E-state index contributed by atoms with van der Waals surface area (Å²) >= 11 is 0. The second-order valence-electron chi connectivity index (χ2n) is 11.0. The van der Waals surface area contributed by atoms with Crippen molar-refractivity contribution in [1.29, 1.82) is 0 Å². The lowest BCUT2D eigenvalue weighted by molar-refractivity contribution is -0.985. The van der Waals surface area contributed by atoms with Gasteiger partial charge in [0, 0.05) is 47.5 Å². The first-order chi connectivity index (χ1) is 19.3. The van der Waals surface area contributed by atoms with Crippen molar-refractivity contribution in [3.8, 4) is 0 Å². The smallest absolute Gasteiger partial charge is 0.194 e. The Morgan fingerprint density at radius 2 is 1.77 bits per heavy atom. The molecule has 3 fully saturated rings. The minimum absolute atomic E-state index is 0.0378. The SMILES string of the molecule is O[C@H](c1ccnc2ccccc12)[C@@H]1C[C@@H]2CC[N@@+]1(Cc1ccc(F)c(F)c1F)C[C@@H]2/C=C/c1ccc(F)cc1F. The fraction of sp³-hybridized carbons (Fsp3) is 0.281. The molecule has 206 valence electrons. The summed E-state index contributed by atoms with van der Waals surface area (Å²) in [4.78, 5) is 4.40. The lowest BCUT2D eigenvalue weighted by atomic mass is 9.70. The standard InChI is InChI=1S/C32H28F5N2O/c33-23-9-7-19(27(35)16-23)5-6-21-17-39(18-22-8-10-26(34)31(37)30(22)36)14-12-20(21)15-29(39)32(40)25-11-13-38-28-4-2-1-3-24(25)28/h1-11,13,16,20-21,29,32,40H,12,14-15,17-18H2/q+1/b6-5+/t20-,21-,29-,32+,39-/m0/s1. The Balaban J connectivity index is 1.39. The van der Waals surface area contributed by atoms with Gasteiger partial charge in [-0.1, -0.05) is 30.4 Å². The van der Waals surface area contributed by atoms with Gasteiger partial charge in [-0.15, -0.1) is 0 Å². The molecule has 0 spiro atoms. The molecule has 3 nitrogen and oxygen atoms in total. The number of aromatic nitrogens is 1. The zero-order chi connectivity index (χ0) is 28.0. The predicted octanol–water partition coefficient (Wildman–Crippen LogP) is 7.10. The van der Waals surface area contributed by atoms with Gasteiger partial charge in [0.25, 0.3) is 0 Å². The summed E-state index contributed by atoms with van der Waals surface area (Å²) in [5.41, 5.74) is 1.77. The molecule has 0 aliphatic carbocycles. The maximum Gasteiger partial charge on any atom is 0.194 e. The molecule has 8 heteroatoms. The Labute approximate surface area is 228 Å². The van der Waals surface area contributed by atoms with E-state index in [-0.39, 0.29) is 40.0 Å². The zero-order valence-electron chi connectivity index (χ0n) is 21.6. The highest BCUT2D eigenvalue weighted by atomic mass is 19.2. The van der Waals surface area contributed by atoms with Gasteiger partial charge in [0.15, 0.2) is 17.5 Å². The highest BCUT2D eigenvalue weighted by molar-refractivity contribution is 5.82. The normalized spacial score (nSPS) is 25.1. The van der Waals surface area contributed by atoms with Gasteiger partial charge in [-0.3, -0.25) is 4.98 Å². The van der Waals surface area contributed by atoms with Crippen molar-refractivity contribution in [2.45, 2.75) is 31.5 Å². The number of aliphatic hydroxyl groups is 1. The number of para-hydroxylation sites is 1. The first-order valence-corrected chi connectivity index (χ1v) is 13.4. The number of rotatable bonds is 6. The second-order valence-corrected chi connectivity index (χ2v) is 11.0. The van der Waals surface area contributed by atoms with Crippen molar-refractivity contribution >= 4 is 17.0 Å². The Bertz CT molecular complexity index is 1600. The van der Waals surface area contributed by atoms with E-state index in [1.54, 1.807) is 18.3 Å². The third-order valence-electron chi connectivity index (χ3n) is 8.82. The highest BCUT2D eigenvalue weighted by Gasteiger charge is 2.54. The van der Waals surface area contributed by atoms with E-state index in [1.807, 2.05) is 30.3 Å². The molecule has 3 aliphatic rings. The number of hydrogen-bond donors (Lipinski definition) is 1. The first kappa shape index (κ1) is 26.6. The Kier molecular flexibility index (Phi) is 6.92. The molecule has 3 aliphatic heterocycles. The van der Waals surface area contributed by atoms with Crippen LogP contribution in [0.5, 0.6) is 0 Å². The fourth-order valence-corrected chi connectivity index (χ4v) is 6.81. The molecule has 4 heterocycles. The third kappa shape index (κ3) is 4.69. The molecular weight excluding hydrogens is 523 g/mol. The first-order valence-electron chi connectivity index (χ1n) is 13.4. The molecule has 40 heavy (non-hydrogen) atoms. The summed E-state index contributed by atoms with van der Waals surface area (Å²) in [5.74, 6) is -5.17. The van der Waals surface area contributed by atoms with Crippen LogP contribution in [0.3, 0.4) is 0 Å². The summed E-state index contributed by atoms with van der Waals surface area (Å²) < 4.78 is 70.9. The maximum absolute atomic E-state index is 15.0. The number of benzene rings is 3. The molecule has 2 bridgehead atoms. The minimum atomic E-state index is -1.51. The van der Waals surface area contributed by atoms with Crippen LogP contribution in [0.4, 0.5) is 22.0 Å². The van der Waals surface area contributed by atoms with Crippen LogP contribution in [0.15, 0.2) is 72.9 Å². The lowest BCUT2D eigenvalue weighted by Crippen LogP contribution is -2.67. The van der Waals surface area contributed by atoms with Gasteiger partial charge in [0.1, 0.15) is 30.3 Å². The summed E-state index contributed by atoms with van der Waals surface area (Å²) in [7, 11) is 0. The maximum atomic E-state index is 15.0. The Hall–Kier alpha value is -3.62. The van der Waals surface area contributed by atoms with E-state index >= 15 is 0 Å². The molecule has 0 unspecified atom stereocenters. The van der Waals surface area contributed by atoms with Crippen LogP contribution >= 0.6 is 0 Å². The summed E-state index contributed by atoms with van der Waals surface area (Å²) in [5, 5.41) is 12.7. The molecule has 3 saturated heterocycles. The van der Waals surface area contributed by atoms with Gasteiger partial charge < -0.3 is 9.59 Å². The van der Waals surface area contributed by atoms with E-state index in [4.69, 9.17) is 0 Å². The van der Waals surface area contributed by atoms with Gasteiger partial charge >= 0.3 is 0 Å². The van der Waals surface area contributed by atoms with Crippen LogP contribution < -0.4 is 0 Å². The van der Waals surface area contributed by atoms with Crippen molar-refractivity contribution < 1.29 is 31.5 Å². The van der Waals surface area contributed by atoms with E-state index < -0.39 is 35.2 Å². The number of hydrogen-bond acceptors (Lipinski definition) is 2. The van der Waals surface area contributed by atoms with E-state index in [9.17, 15) is 27.1 Å². The molecule has 5 atom stereocenters. The average molecular weight is 552 g/mol. The van der Waals surface area contributed by atoms with Crippen molar-refractivity contribution in [2.24, 2.45) is 11.8 Å². The summed E-state index contributed by atoms with van der Waals surface area (Å²) in [6, 6.07) is 14.6. The van der Waals surface area contributed by atoms with Gasteiger partial charge in [0.2, 0.25) is 0 Å². The van der Waals surface area contributed by atoms with Crippen LogP contribution in [-0.2, 0) is 6.54 Å². The van der Waals surface area contributed by atoms with Crippen LogP contribution in [0, 0.1) is 40.9 Å². The van der Waals surface area contributed by atoms with E-state index in [1.165, 1.54) is 18.2 Å². The monoisotopic (exact) mass is 551 g/mol. The van der Waals surface area contributed by atoms with Gasteiger partial charge in [-0.25, -0.2) is 22.0 Å². The zero-order valence-corrected chi connectivity index (χ0v) is 21.6. The van der Waals surface area contributed by atoms with Crippen LogP contribution in [0.1, 0.15) is 35.6 Å². The third-order valence-corrected chi connectivity index (χ3v) is 8.82. The summed E-state index contributed by atoms with van der Waals surface area (Å²) in [6.07, 6.45) is 5.65. The van der Waals surface area contributed by atoms with E-state index in [0.717, 1.165) is 29.5 Å². The largest absolute Gasteiger partial charge is 0.382 e. The number of piperidine rings is 3. The minimum Gasteiger partial charge on any atom is -0.382 e. The van der Waals surface area contributed by atoms with Gasteiger partial charge in [-0.05, 0) is 47.9 Å². The molecule has 4 aromatic rings. The molecule has 7 rings (SSSR count). The number of pyridine rings is 1. The number of nitrogens with zero attached hydrogens (tertiary/aromatic N) is 2. The number of aliphatic hydroxyl groups excluding tert-OH is 1. The Morgan fingerprint density at radius 3 is 2.60 bits per heavy atom. The van der Waals surface area contributed by atoms with Crippen molar-refractivity contribution in [1.82, 2.24) is 4.98 Å². The molecule has 0 amide bonds. The predicted molar refractivity (Wildman–Crippen MR) is 142 cm³/mol.